The normalized spacial score (nSPS) is 14.3. The molecule has 2 heterocycles. The average Bonchev–Trinajstić information content (AvgIpc) is 2.78. The molecular formula is C23H25N5. The summed E-state index contributed by atoms with van der Waals surface area (Å²) >= 11 is 0. The van der Waals surface area contributed by atoms with E-state index in [1.54, 1.807) is 6.20 Å². The first kappa shape index (κ1) is 19.4. The van der Waals surface area contributed by atoms with Crippen LogP contribution in [0.3, 0.4) is 0 Å². The van der Waals surface area contributed by atoms with Crippen molar-refractivity contribution < 1.29 is 0 Å². The lowest BCUT2D eigenvalue weighted by molar-refractivity contribution is 0.610. The molecule has 4 rings (SSSR count). The van der Waals surface area contributed by atoms with Crippen molar-refractivity contribution in [3.05, 3.63) is 90.1 Å². The van der Waals surface area contributed by atoms with E-state index in [1.807, 2.05) is 72.8 Å². The predicted molar refractivity (Wildman–Crippen MR) is 114 cm³/mol. The van der Waals surface area contributed by atoms with Crippen molar-refractivity contribution in [1.82, 2.24) is 10.3 Å². The second kappa shape index (κ2) is 10.7. The molecule has 1 aliphatic heterocycles. The summed E-state index contributed by atoms with van der Waals surface area (Å²) in [4.78, 5) is 4.33. The molecule has 5 heteroatoms. The number of rotatable bonds is 5. The Kier molecular flexibility index (Phi) is 7.42. The predicted octanol–water partition coefficient (Wildman–Crippen LogP) is 3.68. The highest BCUT2D eigenvalue weighted by atomic mass is 15.1. The van der Waals surface area contributed by atoms with Crippen molar-refractivity contribution in [3.8, 4) is 6.07 Å². The number of fused-ring (bicyclic) bond motifs is 1. The number of nitrogens with zero attached hydrogens (tertiary/aromatic N) is 2. The van der Waals surface area contributed by atoms with E-state index in [0.29, 0.717) is 11.6 Å². The standard InChI is InChI=1S/C17H19N5.C6H6/c18-10-14-5-3-13(4-6-14)7-9-19-11-15-12-21-16-2-1-8-20-17(16)22-15;1-2-4-6-5-3-1/h1-6,8,15,19,21H,7,9,11-12H2,(H,20,22);1-6H/t15-;/m1./s1. The SMILES string of the molecule is N#Cc1ccc(CCNC[C@@H]2CNc3cccnc3N2)cc1.c1ccccc1. The van der Waals surface area contributed by atoms with Gasteiger partial charge in [-0.2, -0.15) is 5.26 Å². The number of benzene rings is 2. The van der Waals surface area contributed by atoms with Crippen LogP contribution in [0.25, 0.3) is 0 Å². The number of hydrogen-bond acceptors (Lipinski definition) is 5. The van der Waals surface area contributed by atoms with E-state index >= 15 is 0 Å². The molecule has 5 nitrogen and oxygen atoms in total. The molecule has 1 aromatic heterocycles. The largest absolute Gasteiger partial charge is 0.380 e. The maximum absolute atomic E-state index is 8.78. The zero-order chi connectivity index (χ0) is 19.4. The van der Waals surface area contributed by atoms with Crippen LogP contribution in [0, 0.1) is 11.3 Å². The van der Waals surface area contributed by atoms with Crippen LogP contribution in [0.2, 0.25) is 0 Å². The minimum Gasteiger partial charge on any atom is -0.380 e. The lowest BCUT2D eigenvalue weighted by Crippen LogP contribution is -2.41. The summed E-state index contributed by atoms with van der Waals surface area (Å²) in [6, 6.07) is 26.2. The fraction of sp³-hybridized carbons (Fsp3) is 0.217. The summed E-state index contributed by atoms with van der Waals surface area (Å²) in [5.74, 6) is 0.924. The molecule has 2 aromatic carbocycles. The number of aromatic nitrogens is 1. The minimum atomic E-state index is 0.336. The third-order valence-electron chi connectivity index (χ3n) is 4.42. The molecule has 1 aliphatic rings. The van der Waals surface area contributed by atoms with Crippen molar-refractivity contribution in [1.29, 1.82) is 5.26 Å². The lowest BCUT2D eigenvalue weighted by Gasteiger charge is -2.27. The van der Waals surface area contributed by atoms with Gasteiger partial charge in [-0.15, -0.1) is 0 Å². The summed E-state index contributed by atoms with van der Waals surface area (Å²) in [5.41, 5.74) is 3.02. The molecule has 28 heavy (non-hydrogen) atoms. The molecule has 0 saturated carbocycles. The Balaban J connectivity index is 0.000000320. The van der Waals surface area contributed by atoms with Gasteiger partial charge >= 0.3 is 0 Å². The summed E-state index contributed by atoms with van der Waals surface area (Å²) in [6.45, 7) is 2.70. The molecule has 0 amide bonds. The fourth-order valence-electron chi connectivity index (χ4n) is 2.90. The fourth-order valence-corrected chi connectivity index (χ4v) is 2.90. The van der Waals surface area contributed by atoms with Crippen LogP contribution in [-0.4, -0.2) is 30.7 Å². The third kappa shape index (κ3) is 6.11. The smallest absolute Gasteiger partial charge is 0.149 e. The molecule has 1 atom stereocenters. The minimum absolute atomic E-state index is 0.336. The van der Waals surface area contributed by atoms with Gasteiger partial charge in [-0.1, -0.05) is 48.5 Å². The Morgan fingerprint density at radius 2 is 1.71 bits per heavy atom. The van der Waals surface area contributed by atoms with Crippen LogP contribution < -0.4 is 16.0 Å². The van der Waals surface area contributed by atoms with E-state index in [1.165, 1.54) is 5.56 Å². The Hall–Kier alpha value is -3.36. The quantitative estimate of drug-likeness (QED) is 0.597. The lowest BCUT2D eigenvalue weighted by atomic mass is 10.1. The summed E-state index contributed by atoms with van der Waals surface area (Å²) in [6.07, 6.45) is 2.76. The molecule has 0 radical (unpaired) electrons. The highest BCUT2D eigenvalue weighted by molar-refractivity contribution is 5.66. The molecule has 0 saturated heterocycles. The first-order valence-electron chi connectivity index (χ1n) is 9.50. The van der Waals surface area contributed by atoms with Crippen LogP contribution in [0.4, 0.5) is 11.5 Å². The third-order valence-corrected chi connectivity index (χ3v) is 4.42. The van der Waals surface area contributed by atoms with E-state index in [4.69, 9.17) is 5.26 Å². The summed E-state index contributed by atoms with van der Waals surface area (Å²) in [7, 11) is 0. The van der Waals surface area contributed by atoms with Crippen molar-refractivity contribution >= 4 is 11.5 Å². The van der Waals surface area contributed by atoms with E-state index in [9.17, 15) is 0 Å². The Bertz CT molecular complexity index is 845. The molecule has 0 unspecified atom stereocenters. The topological polar surface area (TPSA) is 72.8 Å². The average molecular weight is 371 g/mol. The number of nitriles is 1. The molecule has 0 aliphatic carbocycles. The molecule has 0 bridgehead atoms. The van der Waals surface area contributed by atoms with Gasteiger partial charge in [0, 0.05) is 19.3 Å². The highest BCUT2D eigenvalue weighted by Crippen LogP contribution is 2.22. The van der Waals surface area contributed by atoms with Crippen LogP contribution in [-0.2, 0) is 6.42 Å². The molecule has 142 valence electrons. The van der Waals surface area contributed by atoms with Crippen LogP contribution in [0.15, 0.2) is 79.0 Å². The van der Waals surface area contributed by atoms with Crippen molar-refractivity contribution in [2.75, 3.05) is 30.3 Å². The van der Waals surface area contributed by atoms with Gasteiger partial charge < -0.3 is 16.0 Å². The van der Waals surface area contributed by atoms with Gasteiger partial charge in [0.1, 0.15) is 5.82 Å². The van der Waals surface area contributed by atoms with E-state index < -0.39 is 0 Å². The van der Waals surface area contributed by atoms with Crippen molar-refractivity contribution in [2.24, 2.45) is 0 Å². The van der Waals surface area contributed by atoms with Gasteiger partial charge in [0.05, 0.1) is 23.4 Å². The van der Waals surface area contributed by atoms with E-state index in [0.717, 1.165) is 37.6 Å². The number of pyridine rings is 1. The van der Waals surface area contributed by atoms with Gasteiger partial charge in [0.25, 0.3) is 0 Å². The van der Waals surface area contributed by atoms with E-state index in [-0.39, 0.29) is 0 Å². The monoisotopic (exact) mass is 371 g/mol. The summed E-state index contributed by atoms with van der Waals surface area (Å²) < 4.78 is 0. The van der Waals surface area contributed by atoms with Crippen LogP contribution >= 0.6 is 0 Å². The Morgan fingerprint density at radius 3 is 2.39 bits per heavy atom. The number of hydrogen-bond donors (Lipinski definition) is 3. The van der Waals surface area contributed by atoms with Crippen LogP contribution in [0.5, 0.6) is 0 Å². The second-order valence-electron chi connectivity index (χ2n) is 6.54. The van der Waals surface area contributed by atoms with Gasteiger partial charge in [-0.25, -0.2) is 4.98 Å². The van der Waals surface area contributed by atoms with Gasteiger partial charge in [0.15, 0.2) is 0 Å². The molecular weight excluding hydrogens is 346 g/mol. The number of anilines is 2. The van der Waals surface area contributed by atoms with Crippen LogP contribution in [0.1, 0.15) is 11.1 Å². The number of nitrogens with one attached hydrogen (secondary N) is 3. The molecule has 3 N–H and O–H groups in total. The second-order valence-corrected chi connectivity index (χ2v) is 6.54. The van der Waals surface area contributed by atoms with Gasteiger partial charge in [-0.05, 0) is 42.8 Å². The Labute approximate surface area is 166 Å². The first-order chi connectivity index (χ1) is 13.8. The maximum Gasteiger partial charge on any atom is 0.149 e. The zero-order valence-electron chi connectivity index (χ0n) is 15.8. The Morgan fingerprint density at radius 1 is 1.00 bits per heavy atom. The molecule has 0 fully saturated rings. The first-order valence-corrected chi connectivity index (χ1v) is 9.50. The zero-order valence-corrected chi connectivity index (χ0v) is 15.8. The van der Waals surface area contributed by atoms with Gasteiger partial charge in [0.2, 0.25) is 0 Å². The van der Waals surface area contributed by atoms with Crippen molar-refractivity contribution in [2.45, 2.75) is 12.5 Å². The highest BCUT2D eigenvalue weighted by Gasteiger charge is 2.16. The maximum atomic E-state index is 8.78. The van der Waals surface area contributed by atoms with Gasteiger partial charge in [-0.3, -0.25) is 0 Å². The molecule has 3 aromatic rings. The van der Waals surface area contributed by atoms with Crippen molar-refractivity contribution in [3.63, 3.8) is 0 Å². The van der Waals surface area contributed by atoms with E-state index in [2.05, 4.69) is 27.0 Å². The molecule has 0 spiro atoms. The summed E-state index contributed by atoms with van der Waals surface area (Å²) in [5, 5.41) is 19.1.